The molecular formula is C10H18F3N3O2. The number of aliphatic hydroxyl groups excluding tert-OH is 1. The molecule has 18 heavy (non-hydrogen) atoms. The van der Waals surface area contributed by atoms with Gasteiger partial charge >= 0.3 is 6.18 Å². The summed E-state index contributed by atoms with van der Waals surface area (Å²) in [4.78, 5) is 1.52. The maximum Gasteiger partial charge on any atom is 0.399 e. The van der Waals surface area contributed by atoms with Crippen LogP contribution in [0.1, 0.15) is 6.92 Å². The quantitative estimate of drug-likeness (QED) is 0.502. The predicted molar refractivity (Wildman–Crippen MR) is 59.3 cm³/mol. The highest BCUT2D eigenvalue weighted by Crippen LogP contribution is 2.27. The van der Waals surface area contributed by atoms with Gasteiger partial charge in [-0.05, 0) is 6.92 Å². The van der Waals surface area contributed by atoms with Crippen LogP contribution in [0.4, 0.5) is 13.2 Å². The van der Waals surface area contributed by atoms with Crippen molar-refractivity contribution >= 4 is 5.84 Å². The molecule has 0 spiro atoms. The molecule has 0 aliphatic carbocycles. The van der Waals surface area contributed by atoms with Crippen LogP contribution in [0.3, 0.4) is 0 Å². The summed E-state index contributed by atoms with van der Waals surface area (Å²) < 4.78 is 43.4. The van der Waals surface area contributed by atoms with Gasteiger partial charge in [-0.1, -0.05) is 0 Å². The number of rotatable bonds is 4. The molecule has 4 N–H and O–H groups in total. The largest absolute Gasteiger partial charge is 0.399 e. The fourth-order valence-corrected chi connectivity index (χ4v) is 2.03. The number of hydrogen-bond donors (Lipinski definition) is 3. The Hall–Kier alpha value is -0.860. The van der Waals surface area contributed by atoms with E-state index in [-0.39, 0.29) is 25.8 Å². The van der Waals surface area contributed by atoms with E-state index in [0.717, 1.165) is 0 Å². The standard InChI is InChI=1S/C10H18F3N3O2/c1-6-2-16(3-7(5-17)18-6)4-8(9(14)15)10(11,12)13/h6-8,17H,2-5H2,1H3,(H3,14,15). The summed E-state index contributed by atoms with van der Waals surface area (Å²) in [7, 11) is 0. The molecule has 1 aliphatic rings. The summed E-state index contributed by atoms with van der Waals surface area (Å²) in [5, 5.41) is 16.0. The Kier molecular flexibility index (Phi) is 4.94. The van der Waals surface area contributed by atoms with Crippen molar-refractivity contribution in [3.63, 3.8) is 0 Å². The van der Waals surface area contributed by atoms with E-state index in [2.05, 4.69) is 0 Å². The van der Waals surface area contributed by atoms with Crippen LogP contribution in [0.15, 0.2) is 0 Å². The zero-order chi connectivity index (χ0) is 13.9. The van der Waals surface area contributed by atoms with E-state index in [1.807, 2.05) is 0 Å². The highest BCUT2D eigenvalue weighted by Gasteiger charge is 2.43. The van der Waals surface area contributed by atoms with E-state index < -0.39 is 24.0 Å². The lowest BCUT2D eigenvalue weighted by atomic mass is 10.1. The Labute approximate surface area is 103 Å². The molecular weight excluding hydrogens is 251 g/mol. The molecule has 0 amide bonds. The number of halogens is 3. The van der Waals surface area contributed by atoms with Crippen molar-refractivity contribution in [3.8, 4) is 0 Å². The number of nitrogens with zero attached hydrogens (tertiary/aromatic N) is 1. The Balaban J connectivity index is 2.66. The first-order chi connectivity index (χ1) is 8.24. The van der Waals surface area contributed by atoms with Gasteiger partial charge < -0.3 is 15.6 Å². The molecule has 0 aromatic carbocycles. The van der Waals surface area contributed by atoms with Crippen LogP contribution in [-0.4, -0.2) is 60.5 Å². The number of ether oxygens (including phenoxy) is 1. The van der Waals surface area contributed by atoms with Gasteiger partial charge in [-0.25, -0.2) is 0 Å². The Morgan fingerprint density at radius 1 is 1.56 bits per heavy atom. The van der Waals surface area contributed by atoms with Gasteiger partial charge in [-0.3, -0.25) is 10.3 Å². The number of nitrogens with two attached hydrogens (primary N) is 1. The Morgan fingerprint density at radius 2 is 2.17 bits per heavy atom. The summed E-state index contributed by atoms with van der Waals surface area (Å²) in [6.45, 7) is 1.66. The Morgan fingerprint density at radius 3 is 2.61 bits per heavy atom. The number of morpholine rings is 1. The average Bonchev–Trinajstić information content (AvgIpc) is 2.23. The topological polar surface area (TPSA) is 82.6 Å². The van der Waals surface area contributed by atoms with Crippen LogP contribution in [0.25, 0.3) is 0 Å². The third-order valence-electron chi connectivity index (χ3n) is 2.82. The van der Waals surface area contributed by atoms with Gasteiger partial charge in [0.15, 0.2) is 0 Å². The van der Waals surface area contributed by atoms with Gasteiger partial charge in [0.1, 0.15) is 11.8 Å². The molecule has 0 saturated carbocycles. The van der Waals surface area contributed by atoms with E-state index >= 15 is 0 Å². The third kappa shape index (κ3) is 4.11. The Bertz CT molecular complexity index is 299. The predicted octanol–water partition coefficient (Wildman–Crippen LogP) is 0.182. The molecule has 3 unspecified atom stereocenters. The van der Waals surface area contributed by atoms with Crippen LogP contribution in [0.2, 0.25) is 0 Å². The zero-order valence-corrected chi connectivity index (χ0v) is 10.1. The summed E-state index contributed by atoms with van der Waals surface area (Å²) in [5.41, 5.74) is 5.00. The third-order valence-corrected chi connectivity index (χ3v) is 2.82. The fraction of sp³-hybridized carbons (Fsp3) is 0.900. The maximum atomic E-state index is 12.7. The van der Waals surface area contributed by atoms with Crippen LogP contribution >= 0.6 is 0 Å². The van der Waals surface area contributed by atoms with E-state index in [4.69, 9.17) is 21.0 Å². The van der Waals surface area contributed by atoms with E-state index in [1.165, 1.54) is 4.90 Å². The summed E-state index contributed by atoms with van der Waals surface area (Å²) in [6.07, 6.45) is -5.27. The van der Waals surface area contributed by atoms with Crippen LogP contribution in [0, 0.1) is 11.3 Å². The van der Waals surface area contributed by atoms with Crippen LogP contribution < -0.4 is 5.73 Å². The van der Waals surface area contributed by atoms with E-state index in [9.17, 15) is 13.2 Å². The van der Waals surface area contributed by atoms with Gasteiger partial charge in [0.25, 0.3) is 0 Å². The van der Waals surface area contributed by atoms with E-state index in [0.29, 0.717) is 6.54 Å². The smallest absolute Gasteiger partial charge is 0.394 e. The normalized spacial score (nSPS) is 28.1. The second-order valence-corrected chi connectivity index (χ2v) is 4.52. The molecule has 5 nitrogen and oxygen atoms in total. The molecule has 1 aliphatic heterocycles. The van der Waals surface area contributed by atoms with Gasteiger partial charge in [0, 0.05) is 19.6 Å². The first-order valence-electron chi connectivity index (χ1n) is 5.63. The molecule has 3 atom stereocenters. The average molecular weight is 269 g/mol. The summed E-state index contributed by atoms with van der Waals surface area (Å²) >= 11 is 0. The molecule has 0 aromatic heterocycles. The number of amidine groups is 1. The molecule has 1 fully saturated rings. The monoisotopic (exact) mass is 269 g/mol. The van der Waals surface area contributed by atoms with Gasteiger partial charge in [-0.15, -0.1) is 0 Å². The lowest BCUT2D eigenvalue weighted by Gasteiger charge is -2.37. The zero-order valence-electron chi connectivity index (χ0n) is 10.1. The minimum atomic E-state index is -4.53. The lowest BCUT2D eigenvalue weighted by Crippen LogP contribution is -2.52. The number of alkyl halides is 3. The second kappa shape index (κ2) is 5.85. The first kappa shape index (κ1) is 15.2. The van der Waals surface area contributed by atoms with Crippen molar-refractivity contribution in [2.45, 2.75) is 25.3 Å². The fourth-order valence-electron chi connectivity index (χ4n) is 2.03. The minimum absolute atomic E-state index is 0.209. The van der Waals surface area contributed by atoms with Crippen molar-refractivity contribution in [3.05, 3.63) is 0 Å². The summed E-state index contributed by atoms with van der Waals surface area (Å²) in [6, 6.07) is 0. The molecule has 0 aromatic rings. The van der Waals surface area contributed by atoms with Crippen molar-refractivity contribution in [1.29, 1.82) is 5.41 Å². The van der Waals surface area contributed by atoms with Gasteiger partial charge in [-0.2, -0.15) is 13.2 Å². The van der Waals surface area contributed by atoms with Crippen LogP contribution in [0.5, 0.6) is 0 Å². The van der Waals surface area contributed by atoms with E-state index in [1.54, 1.807) is 6.92 Å². The van der Waals surface area contributed by atoms with Crippen molar-refractivity contribution in [1.82, 2.24) is 4.90 Å². The lowest BCUT2D eigenvalue weighted by molar-refractivity contribution is -0.168. The molecule has 106 valence electrons. The molecule has 8 heteroatoms. The maximum absolute atomic E-state index is 12.7. The summed E-state index contributed by atoms with van der Waals surface area (Å²) in [5.74, 6) is -2.86. The van der Waals surface area contributed by atoms with Crippen LogP contribution in [-0.2, 0) is 4.74 Å². The molecule has 1 rings (SSSR count). The SMILES string of the molecule is CC1CN(CC(C(=N)N)C(F)(F)F)CC(CO)O1. The highest BCUT2D eigenvalue weighted by atomic mass is 19.4. The second-order valence-electron chi connectivity index (χ2n) is 4.52. The number of hydrogen-bond acceptors (Lipinski definition) is 4. The molecule has 0 bridgehead atoms. The number of aliphatic hydroxyl groups is 1. The van der Waals surface area contributed by atoms with Crippen molar-refractivity contribution < 1.29 is 23.0 Å². The van der Waals surface area contributed by atoms with Gasteiger partial charge in [0.05, 0.1) is 18.8 Å². The minimum Gasteiger partial charge on any atom is -0.394 e. The number of nitrogens with one attached hydrogen (secondary N) is 1. The first-order valence-corrected chi connectivity index (χ1v) is 5.63. The van der Waals surface area contributed by atoms with Crippen molar-refractivity contribution in [2.24, 2.45) is 11.7 Å². The molecule has 0 radical (unpaired) electrons. The molecule has 1 heterocycles. The van der Waals surface area contributed by atoms with Crippen molar-refractivity contribution in [2.75, 3.05) is 26.2 Å². The molecule has 1 saturated heterocycles. The van der Waals surface area contributed by atoms with Gasteiger partial charge in [0.2, 0.25) is 0 Å². The highest BCUT2D eigenvalue weighted by molar-refractivity contribution is 5.80.